The first kappa shape index (κ1) is 32.1. The average Bonchev–Trinajstić information content (AvgIpc) is 3.00. The van der Waals surface area contributed by atoms with Crippen LogP contribution in [0.2, 0.25) is 0 Å². The summed E-state index contributed by atoms with van der Waals surface area (Å²) in [5.41, 5.74) is -0.382. The number of phenols is 2. The normalized spacial score (nSPS) is 25.0. The monoisotopic (exact) mass is 642 g/mol. The van der Waals surface area contributed by atoms with E-state index in [0.717, 1.165) is 5.56 Å². The van der Waals surface area contributed by atoms with E-state index in [9.17, 15) is 34.2 Å². The first-order valence-electron chi connectivity index (χ1n) is 15.3. The topological polar surface area (TPSA) is 163 Å². The summed E-state index contributed by atoms with van der Waals surface area (Å²) in [6.45, 7) is 6.08. The number of benzene rings is 3. The maximum Gasteiger partial charge on any atom is 0.303 e. The molecule has 6 rings (SSSR count). The molecule has 0 spiro atoms. The van der Waals surface area contributed by atoms with E-state index in [2.05, 4.69) is 0 Å². The van der Waals surface area contributed by atoms with Gasteiger partial charge in [-0.1, -0.05) is 36.4 Å². The van der Waals surface area contributed by atoms with Crippen LogP contribution in [0.15, 0.2) is 48.5 Å². The van der Waals surface area contributed by atoms with Crippen molar-refractivity contribution in [2.45, 2.75) is 83.6 Å². The molecular formula is C36H34O11. The van der Waals surface area contributed by atoms with Gasteiger partial charge in [0, 0.05) is 66.5 Å². The Morgan fingerprint density at radius 1 is 0.894 bits per heavy atom. The number of carbonyl (C=O) groups is 5. The molecule has 0 radical (unpaired) electrons. The Balaban J connectivity index is 1.33. The quantitative estimate of drug-likeness (QED) is 0.281. The van der Waals surface area contributed by atoms with E-state index in [4.69, 9.17) is 18.9 Å². The van der Waals surface area contributed by atoms with Gasteiger partial charge in [0.25, 0.3) is 0 Å². The minimum absolute atomic E-state index is 0.0130. The SMILES string of the molecule is CC(=O)O[C@@H]1[C@@H](C)O[C@@H](c2ccc3c(c2O)C(=O)c2cc(O)c4c(c2C3=O)C(=O)C[C@](C)(OCc2ccccc2)C4)C[C@H]1OC(C)=O. The lowest BCUT2D eigenvalue weighted by Gasteiger charge is -2.39. The van der Waals surface area contributed by atoms with E-state index in [0.29, 0.717) is 0 Å². The zero-order chi connectivity index (χ0) is 33.8. The molecule has 47 heavy (non-hydrogen) atoms. The van der Waals surface area contributed by atoms with Crippen LogP contribution in [0.5, 0.6) is 11.5 Å². The van der Waals surface area contributed by atoms with Crippen LogP contribution in [0.3, 0.4) is 0 Å². The van der Waals surface area contributed by atoms with Crippen LogP contribution in [0.4, 0.5) is 0 Å². The van der Waals surface area contributed by atoms with Gasteiger partial charge in [-0.05, 0) is 31.5 Å². The predicted molar refractivity (Wildman–Crippen MR) is 164 cm³/mol. The van der Waals surface area contributed by atoms with Crippen LogP contribution in [-0.2, 0) is 41.6 Å². The zero-order valence-corrected chi connectivity index (χ0v) is 26.3. The van der Waals surface area contributed by atoms with E-state index in [-0.39, 0.29) is 70.6 Å². The van der Waals surface area contributed by atoms with Crippen molar-refractivity contribution in [3.8, 4) is 11.5 Å². The molecule has 1 aliphatic heterocycles. The van der Waals surface area contributed by atoms with Crippen LogP contribution < -0.4 is 0 Å². The maximum atomic E-state index is 14.0. The lowest BCUT2D eigenvalue weighted by atomic mass is 9.72. The van der Waals surface area contributed by atoms with Crippen molar-refractivity contribution in [3.05, 3.63) is 93.0 Å². The maximum absolute atomic E-state index is 14.0. The minimum atomic E-state index is -0.964. The number of hydrogen-bond acceptors (Lipinski definition) is 11. The summed E-state index contributed by atoms with van der Waals surface area (Å²) in [5.74, 6) is -3.86. The van der Waals surface area contributed by atoms with Gasteiger partial charge in [0.1, 0.15) is 17.6 Å². The molecule has 0 unspecified atom stereocenters. The fourth-order valence-corrected chi connectivity index (χ4v) is 6.90. The number of Topliss-reactive ketones (excluding diaryl/α,β-unsaturated/α-hetero) is 1. The summed E-state index contributed by atoms with van der Waals surface area (Å²) in [4.78, 5) is 65.2. The molecule has 2 aliphatic carbocycles. The average molecular weight is 643 g/mol. The van der Waals surface area contributed by atoms with E-state index in [1.165, 1.54) is 32.0 Å². The second-order valence-electron chi connectivity index (χ2n) is 12.5. The van der Waals surface area contributed by atoms with Gasteiger partial charge in [0.05, 0.1) is 30.0 Å². The summed E-state index contributed by atoms with van der Waals surface area (Å²) in [7, 11) is 0. The number of esters is 2. The van der Waals surface area contributed by atoms with Gasteiger partial charge < -0.3 is 29.2 Å². The van der Waals surface area contributed by atoms with Crippen LogP contribution in [0.25, 0.3) is 0 Å². The van der Waals surface area contributed by atoms with Crippen molar-refractivity contribution < 1.29 is 53.1 Å². The number of rotatable bonds is 6. The molecule has 1 saturated heterocycles. The van der Waals surface area contributed by atoms with Crippen LogP contribution in [0, 0.1) is 0 Å². The number of ketones is 3. The third kappa shape index (κ3) is 5.81. The second-order valence-corrected chi connectivity index (χ2v) is 12.5. The van der Waals surface area contributed by atoms with Crippen LogP contribution in [-0.4, -0.2) is 63.4 Å². The molecule has 0 aromatic heterocycles. The van der Waals surface area contributed by atoms with Gasteiger partial charge in [-0.2, -0.15) is 0 Å². The molecule has 2 N–H and O–H groups in total. The van der Waals surface area contributed by atoms with Gasteiger partial charge in [-0.15, -0.1) is 0 Å². The Kier molecular flexibility index (Phi) is 8.23. The molecular weight excluding hydrogens is 608 g/mol. The lowest BCUT2D eigenvalue weighted by molar-refractivity contribution is -0.204. The highest BCUT2D eigenvalue weighted by atomic mass is 16.6. The standard InChI is InChI=1S/C36H34O11/c1-17-35(47-19(3)38)28(46-18(2)37)13-27(45-17)21-10-11-22-31(32(21)41)34(43)23-12-25(39)24-14-36(4,44-16-20-8-6-5-7-9-20)15-26(40)29(24)30(23)33(22)42/h5-12,17,27-28,35,39,41H,13-16H2,1-4H3/t17-,27-,28-,35-,36-/m1/s1. The van der Waals surface area contributed by atoms with E-state index in [1.54, 1.807) is 13.8 Å². The molecule has 11 nitrogen and oxygen atoms in total. The molecule has 0 amide bonds. The molecule has 5 atom stereocenters. The molecule has 0 saturated carbocycles. The smallest absolute Gasteiger partial charge is 0.303 e. The third-order valence-corrected chi connectivity index (χ3v) is 8.98. The van der Waals surface area contributed by atoms with Gasteiger partial charge in [0.2, 0.25) is 0 Å². The predicted octanol–water partition coefficient (Wildman–Crippen LogP) is 4.69. The highest BCUT2D eigenvalue weighted by Crippen LogP contribution is 2.46. The highest BCUT2D eigenvalue weighted by molar-refractivity contribution is 6.32. The molecule has 3 aliphatic rings. The van der Waals surface area contributed by atoms with E-state index < -0.39 is 65.1 Å². The van der Waals surface area contributed by atoms with E-state index >= 15 is 0 Å². The molecule has 1 heterocycles. The van der Waals surface area contributed by atoms with Crippen molar-refractivity contribution in [2.75, 3.05) is 0 Å². The third-order valence-electron chi connectivity index (χ3n) is 8.98. The number of fused-ring (bicyclic) bond motifs is 4. The Bertz CT molecular complexity index is 1830. The van der Waals surface area contributed by atoms with Crippen molar-refractivity contribution in [3.63, 3.8) is 0 Å². The van der Waals surface area contributed by atoms with Gasteiger partial charge in [0.15, 0.2) is 23.5 Å². The number of aromatic hydroxyl groups is 2. The summed E-state index contributed by atoms with van der Waals surface area (Å²) < 4.78 is 23.0. The number of ether oxygens (including phenoxy) is 4. The van der Waals surface area contributed by atoms with Crippen molar-refractivity contribution in [2.24, 2.45) is 0 Å². The summed E-state index contributed by atoms with van der Waals surface area (Å²) in [5, 5.41) is 22.6. The van der Waals surface area contributed by atoms with Gasteiger partial charge in [-0.3, -0.25) is 24.0 Å². The first-order valence-corrected chi connectivity index (χ1v) is 15.3. The number of carbonyl (C=O) groups excluding carboxylic acids is 5. The van der Waals surface area contributed by atoms with Crippen molar-refractivity contribution >= 4 is 29.3 Å². The Labute approximate surface area is 270 Å². The zero-order valence-electron chi connectivity index (χ0n) is 26.3. The number of phenolic OH excluding ortho intramolecular Hbond substituents is 2. The van der Waals surface area contributed by atoms with Crippen LogP contribution >= 0.6 is 0 Å². The minimum Gasteiger partial charge on any atom is -0.508 e. The first-order chi connectivity index (χ1) is 22.3. The summed E-state index contributed by atoms with van der Waals surface area (Å²) in [6, 6.07) is 13.4. The largest absolute Gasteiger partial charge is 0.508 e. The Morgan fingerprint density at radius 2 is 1.57 bits per heavy atom. The molecule has 3 aromatic carbocycles. The van der Waals surface area contributed by atoms with Crippen molar-refractivity contribution in [1.82, 2.24) is 0 Å². The summed E-state index contributed by atoms with van der Waals surface area (Å²) in [6.07, 6.45) is -3.42. The molecule has 1 fully saturated rings. The Hall–Kier alpha value is -4.87. The number of hydrogen-bond donors (Lipinski definition) is 2. The van der Waals surface area contributed by atoms with Gasteiger partial charge in [-0.25, -0.2) is 0 Å². The fraction of sp³-hybridized carbons (Fsp3) is 0.361. The second kappa shape index (κ2) is 12.1. The lowest BCUT2D eigenvalue weighted by Crippen LogP contribution is -2.48. The molecule has 244 valence electrons. The molecule has 0 bridgehead atoms. The molecule has 11 heteroatoms. The van der Waals surface area contributed by atoms with E-state index in [1.807, 2.05) is 30.3 Å². The van der Waals surface area contributed by atoms with Gasteiger partial charge >= 0.3 is 11.9 Å². The van der Waals surface area contributed by atoms with Crippen LogP contribution in [0.1, 0.15) is 106 Å². The Morgan fingerprint density at radius 3 is 2.26 bits per heavy atom. The van der Waals surface area contributed by atoms with Crippen molar-refractivity contribution in [1.29, 1.82) is 0 Å². The summed E-state index contributed by atoms with van der Waals surface area (Å²) >= 11 is 0. The fourth-order valence-electron chi connectivity index (χ4n) is 6.90. The molecule has 3 aromatic rings. The highest BCUT2D eigenvalue weighted by Gasteiger charge is 2.46.